The van der Waals surface area contributed by atoms with Gasteiger partial charge in [-0.05, 0) is 29.2 Å². The van der Waals surface area contributed by atoms with Crippen LogP contribution in [-0.2, 0) is 16.1 Å². The lowest BCUT2D eigenvalue weighted by atomic mass is 9.99. The van der Waals surface area contributed by atoms with Gasteiger partial charge in [-0.1, -0.05) is 55.8 Å². The van der Waals surface area contributed by atoms with Gasteiger partial charge in [-0.2, -0.15) is 5.26 Å². The first-order valence-corrected chi connectivity index (χ1v) is 8.09. The summed E-state index contributed by atoms with van der Waals surface area (Å²) in [7, 11) is 1.41. The van der Waals surface area contributed by atoms with Gasteiger partial charge in [0.15, 0.2) is 0 Å². The minimum atomic E-state index is -0.279. The van der Waals surface area contributed by atoms with E-state index in [1.807, 2.05) is 55.5 Å². The Labute approximate surface area is 143 Å². The van der Waals surface area contributed by atoms with Crippen molar-refractivity contribution in [3.05, 3.63) is 59.7 Å². The predicted molar refractivity (Wildman–Crippen MR) is 94.1 cm³/mol. The standard InChI is InChI=1S/C20H22N2O2/c1-3-6-19(20(23)24-2)22-14-15-9-11-16(12-10-15)18-8-5-4-7-17(18)13-21/h4-5,7-12,19,22H,3,6,14H2,1-2H3/t19-/m0/s1. The van der Waals surface area contributed by atoms with Crippen molar-refractivity contribution in [2.45, 2.75) is 32.4 Å². The topological polar surface area (TPSA) is 62.1 Å². The van der Waals surface area contributed by atoms with Crippen molar-refractivity contribution >= 4 is 5.97 Å². The average molecular weight is 322 g/mol. The number of esters is 1. The van der Waals surface area contributed by atoms with E-state index in [9.17, 15) is 10.1 Å². The molecule has 24 heavy (non-hydrogen) atoms. The third-order valence-electron chi connectivity index (χ3n) is 3.93. The Kier molecular flexibility index (Phi) is 6.53. The Morgan fingerprint density at radius 2 is 1.92 bits per heavy atom. The zero-order chi connectivity index (χ0) is 17.4. The predicted octanol–water partition coefficient (Wildman–Crippen LogP) is 3.66. The van der Waals surface area contributed by atoms with Crippen LogP contribution in [-0.4, -0.2) is 19.1 Å². The monoisotopic (exact) mass is 322 g/mol. The Bertz CT molecular complexity index is 717. The highest BCUT2D eigenvalue weighted by Crippen LogP contribution is 2.23. The zero-order valence-electron chi connectivity index (χ0n) is 14.1. The second-order valence-electron chi connectivity index (χ2n) is 5.60. The molecule has 0 heterocycles. The SMILES string of the molecule is CCC[C@H](NCc1ccc(-c2ccccc2C#N)cc1)C(=O)OC. The quantitative estimate of drug-likeness (QED) is 0.790. The maximum atomic E-state index is 11.7. The molecular formula is C20H22N2O2. The van der Waals surface area contributed by atoms with Crippen LogP contribution in [0.3, 0.4) is 0 Å². The van der Waals surface area contributed by atoms with Gasteiger partial charge in [0.1, 0.15) is 6.04 Å². The summed E-state index contributed by atoms with van der Waals surface area (Å²) in [6.07, 6.45) is 1.66. The number of rotatable bonds is 7. The number of carbonyl (C=O) groups excluding carboxylic acids is 1. The molecule has 0 aromatic heterocycles. The van der Waals surface area contributed by atoms with Crippen LogP contribution < -0.4 is 5.32 Å². The highest BCUT2D eigenvalue weighted by molar-refractivity contribution is 5.75. The largest absolute Gasteiger partial charge is 0.468 e. The number of nitrogens with zero attached hydrogens (tertiary/aromatic N) is 1. The van der Waals surface area contributed by atoms with E-state index < -0.39 is 0 Å². The zero-order valence-corrected chi connectivity index (χ0v) is 14.1. The van der Waals surface area contributed by atoms with E-state index >= 15 is 0 Å². The summed E-state index contributed by atoms with van der Waals surface area (Å²) >= 11 is 0. The van der Waals surface area contributed by atoms with Crippen molar-refractivity contribution in [3.63, 3.8) is 0 Å². The number of hydrogen-bond acceptors (Lipinski definition) is 4. The van der Waals surface area contributed by atoms with Gasteiger partial charge in [0.05, 0.1) is 18.7 Å². The van der Waals surface area contributed by atoms with Crippen LogP contribution in [0, 0.1) is 11.3 Å². The van der Waals surface area contributed by atoms with Crippen molar-refractivity contribution < 1.29 is 9.53 Å². The summed E-state index contributed by atoms with van der Waals surface area (Å²) in [5.41, 5.74) is 3.68. The molecule has 2 rings (SSSR count). The van der Waals surface area contributed by atoms with Gasteiger partial charge in [-0.25, -0.2) is 0 Å². The van der Waals surface area contributed by atoms with Crippen molar-refractivity contribution in [3.8, 4) is 17.2 Å². The van der Waals surface area contributed by atoms with Gasteiger partial charge in [-0.3, -0.25) is 4.79 Å². The van der Waals surface area contributed by atoms with Crippen LogP contribution in [0.25, 0.3) is 11.1 Å². The van der Waals surface area contributed by atoms with Crippen LogP contribution >= 0.6 is 0 Å². The molecule has 0 aliphatic rings. The smallest absolute Gasteiger partial charge is 0.322 e. The summed E-state index contributed by atoms with van der Waals surface area (Å²) in [4.78, 5) is 11.7. The maximum Gasteiger partial charge on any atom is 0.322 e. The van der Waals surface area contributed by atoms with Crippen LogP contribution in [0.15, 0.2) is 48.5 Å². The lowest BCUT2D eigenvalue weighted by Gasteiger charge is -2.15. The van der Waals surface area contributed by atoms with E-state index in [2.05, 4.69) is 11.4 Å². The molecule has 1 atom stereocenters. The van der Waals surface area contributed by atoms with Gasteiger partial charge in [0, 0.05) is 6.54 Å². The van der Waals surface area contributed by atoms with E-state index in [1.165, 1.54) is 7.11 Å². The number of carbonyl (C=O) groups is 1. The molecule has 0 aliphatic heterocycles. The summed E-state index contributed by atoms with van der Waals surface area (Å²) < 4.78 is 4.82. The minimum absolute atomic E-state index is 0.226. The summed E-state index contributed by atoms with van der Waals surface area (Å²) in [5.74, 6) is -0.226. The summed E-state index contributed by atoms with van der Waals surface area (Å²) in [6.45, 7) is 2.64. The highest BCUT2D eigenvalue weighted by atomic mass is 16.5. The number of benzene rings is 2. The Morgan fingerprint density at radius 1 is 1.21 bits per heavy atom. The molecule has 0 bridgehead atoms. The van der Waals surface area contributed by atoms with E-state index in [-0.39, 0.29) is 12.0 Å². The molecule has 4 heteroatoms. The second-order valence-corrected chi connectivity index (χ2v) is 5.60. The maximum absolute atomic E-state index is 11.7. The Hall–Kier alpha value is -2.64. The first-order chi connectivity index (χ1) is 11.7. The number of ether oxygens (including phenoxy) is 1. The number of hydrogen-bond donors (Lipinski definition) is 1. The minimum Gasteiger partial charge on any atom is -0.468 e. The van der Waals surface area contributed by atoms with Crippen LogP contribution in [0.5, 0.6) is 0 Å². The molecule has 0 aliphatic carbocycles. The average Bonchev–Trinajstić information content (AvgIpc) is 2.65. The van der Waals surface area contributed by atoms with E-state index in [0.29, 0.717) is 12.1 Å². The molecule has 0 fully saturated rings. The Morgan fingerprint density at radius 3 is 2.54 bits per heavy atom. The molecule has 124 valence electrons. The molecular weight excluding hydrogens is 300 g/mol. The molecule has 4 nitrogen and oxygen atoms in total. The third kappa shape index (κ3) is 4.43. The second kappa shape index (κ2) is 8.85. The molecule has 0 amide bonds. The van der Waals surface area contributed by atoms with Gasteiger partial charge < -0.3 is 10.1 Å². The van der Waals surface area contributed by atoms with Crippen molar-refractivity contribution in [1.82, 2.24) is 5.32 Å². The lowest BCUT2D eigenvalue weighted by Crippen LogP contribution is -2.37. The van der Waals surface area contributed by atoms with Gasteiger partial charge in [-0.15, -0.1) is 0 Å². The van der Waals surface area contributed by atoms with Crippen LogP contribution in [0.4, 0.5) is 0 Å². The fourth-order valence-corrected chi connectivity index (χ4v) is 2.61. The summed E-state index contributed by atoms with van der Waals surface area (Å²) in [5, 5.41) is 12.4. The third-order valence-corrected chi connectivity index (χ3v) is 3.93. The number of methoxy groups -OCH3 is 1. The molecule has 2 aromatic carbocycles. The number of nitrogens with one attached hydrogen (secondary N) is 1. The van der Waals surface area contributed by atoms with Crippen LogP contribution in [0.2, 0.25) is 0 Å². The normalized spacial score (nSPS) is 11.5. The van der Waals surface area contributed by atoms with Crippen molar-refractivity contribution in [2.24, 2.45) is 0 Å². The Balaban J connectivity index is 2.07. The fourth-order valence-electron chi connectivity index (χ4n) is 2.61. The first-order valence-electron chi connectivity index (χ1n) is 8.09. The van der Waals surface area contributed by atoms with Gasteiger partial charge in [0.2, 0.25) is 0 Å². The van der Waals surface area contributed by atoms with Gasteiger partial charge in [0.25, 0.3) is 0 Å². The number of nitriles is 1. The molecule has 0 saturated carbocycles. The van der Waals surface area contributed by atoms with Crippen molar-refractivity contribution in [1.29, 1.82) is 5.26 Å². The molecule has 1 N–H and O–H groups in total. The molecule has 0 saturated heterocycles. The lowest BCUT2D eigenvalue weighted by molar-refractivity contribution is -0.143. The molecule has 0 unspecified atom stereocenters. The highest BCUT2D eigenvalue weighted by Gasteiger charge is 2.17. The van der Waals surface area contributed by atoms with Gasteiger partial charge >= 0.3 is 5.97 Å². The van der Waals surface area contributed by atoms with Crippen molar-refractivity contribution in [2.75, 3.05) is 7.11 Å². The van der Waals surface area contributed by atoms with E-state index in [0.717, 1.165) is 29.5 Å². The summed E-state index contributed by atoms with van der Waals surface area (Å²) in [6, 6.07) is 17.5. The molecule has 2 aromatic rings. The van der Waals surface area contributed by atoms with E-state index in [4.69, 9.17) is 4.74 Å². The first kappa shape index (κ1) is 17.7. The molecule has 0 radical (unpaired) electrons. The van der Waals surface area contributed by atoms with E-state index in [1.54, 1.807) is 0 Å². The fraction of sp³-hybridized carbons (Fsp3) is 0.300. The molecule has 0 spiro atoms. The van der Waals surface area contributed by atoms with Crippen LogP contribution in [0.1, 0.15) is 30.9 Å².